The van der Waals surface area contributed by atoms with E-state index in [1.54, 1.807) is 18.2 Å². The molecule has 0 bridgehead atoms. The molecule has 0 unspecified atom stereocenters. The minimum atomic E-state index is -0.715. The molecule has 2 N–H and O–H groups in total. The monoisotopic (exact) mass is 294 g/mol. The lowest BCUT2D eigenvalue weighted by atomic mass is 10.2. The Hall–Kier alpha value is -3.08. The molecule has 5 heteroatoms. The molecule has 0 atom stereocenters. The highest BCUT2D eigenvalue weighted by Crippen LogP contribution is 2.20. The molecule has 2 aromatic carbocycles. The van der Waals surface area contributed by atoms with Crippen molar-refractivity contribution in [3.63, 3.8) is 0 Å². The first-order valence-corrected chi connectivity index (χ1v) is 6.78. The number of ether oxygens (including phenoxy) is 1. The van der Waals surface area contributed by atoms with Crippen LogP contribution in [0.5, 0.6) is 0 Å². The van der Waals surface area contributed by atoms with E-state index < -0.39 is 12.0 Å². The van der Waals surface area contributed by atoms with Crippen molar-refractivity contribution in [3.05, 3.63) is 71.9 Å². The number of carbonyl (C=O) groups excluding carboxylic acids is 2. The Morgan fingerprint density at radius 2 is 1.68 bits per heavy atom. The maximum absolute atomic E-state index is 12.3. The number of hydrogen-bond donors (Lipinski definition) is 1. The van der Waals surface area contributed by atoms with E-state index in [0.29, 0.717) is 5.52 Å². The molecule has 0 aliphatic heterocycles. The van der Waals surface area contributed by atoms with Gasteiger partial charge in [0, 0.05) is 5.39 Å². The van der Waals surface area contributed by atoms with E-state index in [1.807, 2.05) is 42.5 Å². The fourth-order valence-electron chi connectivity index (χ4n) is 2.34. The lowest BCUT2D eigenvalue weighted by Gasteiger charge is -2.07. The van der Waals surface area contributed by atoms with E-state index in [4.69, 9.17) is 10.5 Å². The molecular formula is C17H14N2O3. The van der Waals surface area contributed by atoms with Gasteiger partial charge < -0.3 is 10.5 Å². The summed E-state index contributed by atoms with van der Waals surface area (Å²) >= 11 is 0. The molecule has 1 amide bonds. The number of nitrogens with zero attached hydrogens (tertiary/aromatic N) is 1. The summed E-state index contributed by atoms with van der Waals surface area (Å²) in [6.45, 7) is 0.139. The van der Waals surface area contributed by atoms with Crippen LogP contribution in [0.25, 0.3) is 10.9 Å². The number of benzene rings is 2. The number of rotatable bonds is 3. The van der Waals surface area contributed by atoms with Gasteiger partial charge >= 0.3 is 12.0 Å². The molecular weight excluding hydrogens is 280 g/mol. The number of nitrogens with two attached hydrogens (primary N) is 1. The van der Waals surface area contributed by atoms with Gasteiger partial charge in [-0.25, -0.2) is 9.59 Å². The van der Waals surface area contributed by atoms with Gasteiger partial charge in [-0.1, -0.05) is 48.5 Å². The molecule has 0 aliphatic rings. The Kier molecular flexibility index (Phi) is 3.62. The third-order valence-electron chi connectivity index (χ3n) is 3.35. The topological polar surface area (TPSA) is 74.3 Å². The first-order valence-electron chi connectivity index (χ1n) is 6.78. The first-order chi connectivity index (χ1) is 10.7. The van der Waals surface area contributed by atoms with Crippen LogP contribution in [0, 0.1) is 0 Å². The van der Waals surface area contributed by atoms with Crippen LogP contribution in [-0.2, 0) is 11.3 Å². The van der Waals surface area contributed by atoms with E-state index in [2.05, 4.69) is 0 Å². The standard InChI is InChI=1S/C17H14N2O3/c18-17(21)19-14-9-5-4-8-13(14)10-15(19)16(20)22-11-12-6-2-1-3-7-12/h1-10H,11H2,(H2,18,21). The van der Waals surface area contributed by atoms with Gasteiger partial charge in [-0.15, -0.1) is 0 Å². The van der Waals surface area contributed by atoms with Gasteiger partial charge in [-0.3, -0.25) is 4.57 Å². The molecule has 3 aromatic rings. The zero-order chi connectivity index (χ0) is 15.5. The number of para-hydroxylation sites is 1. The van der Waals surface area contributed by atoms with Crippen LogP contribution in [0.4, 0.5) is 4.79 Å². The number of amides is 1. The number of hydrogen-bond acceptors (Lipinski definition) is 3. The molecule has 22 heavy (non-hydrogen) atoms. The van der Waals surface area contributed by atoms with Gasteiger partial charge in [0.2, 0.25) is 0 Å². The van der Waals surface area contributed by atoms with E-state index in [9.17, 15) is 9.59 Å². The molecule has 0 saturated carbocycles. The van der Waals surface area contributed by atoms with Crippen molar-refractivity contribution in [1.29, 1.82) is 0 Å². The second-order valence-electron chi connectivity index (χ2n) is 4.82. The molecule has 0 radical (unpaired) electrons. The SMILES string of the molecule is NC(=O)n1c(C(=O)OCc2ccccc2)cc2ccccc21. The maximum Gasteiger partial charge on any atom is 0.355 e. The fourth-order valence-corrected chi connectivity index (χ4v) is 2.34. The first kappa shape index (κ1) is 13.9. The average Bonchev–Trinajstić information content (AvgIpc) is 2.93. The molecule has 0 spiro atoms. The van der Waals surface area contributed by atoms with Crippen molar-refractivity contribution in [2.45, 2.75) is 6.61 Å². The van der Waals surface area contributed by atoms with Crippen molar-refractivity contribution in [2.75, 3.05) is 0 Å². The number of carbonyl (C=O) groups is 2. The van der Waals surface area contributed by atoms with Crippen LogP contribution in [0.1, 0.15) is 16.1 Å². The molecule has 110 valence electrons. The number of primary amides is 1. The molecule has 5 nitrogen and oxygen atoms in total. The number of esters is 1. The Morgan fingerprint density at radius 3 is 2.41 bits per heavy atom. The lowest BCUT2D eigenvalue weighted by molar-refractivity contribution is 0.0463. The van der Waals surface area contributed by atoms with Crippen molar-refractivity contribution >= 4 is 22.9 Å². The van der Waals surface area contributed by atoms with Gasteiger partial charge in [-0.05, 0) is 17.7 Å². The van der Waals surface area contributed by atoms with Crippen LogP contribution in [0.15, 0.2) is 60.7 Å². The fraction of sp³-hybridized carbons (Fsp3) is 0.0588. The summed E-state index contributed by atoms with van der Waals surface area (Å²) in [7, 11) is 0. The number of fused-ring (bicyclic) bond motifs is 1. The summed E-state index contributed by atoms with van der Waals surface area (Å²) in [5.74, 6) is -0.584. The quantitative estimate of drug-likeness (QED) is 0.755. The summed E-state index contributed by atoms with van der Waals surface area (Å²) in [5, 5.41) is 0.757. The van der Waals surface area contributed by atoms with Crippen molar-refractivity contribution in [1.82, 2.24) is 4.57 Å². The van der Waals surface area contributed by atoms with Crippen LogP contribution in [0.2, 0.25) is 0 Å². The summed E-state index contributed by atoms with van der Waals surface area (Å²) in [5.41, 5.74) is 6.97. The van der Waals surface area contributed by atoms with Crippen molar-refractivity contribution < 1.29 is 14.3 Å². The minimum absolute atomic E-state index is 0.129. The van der Waals surface area contributed by atoms with E-state index in [-0.39, 0.29) is 12.3 Å². The predicted molar refractivity (Wildman–Crippen MR) is 82.5 cm³/mol. The molecule has 3 rings (SSSR count). The highest BCUT2D eigenvalue weighted by Gasteiger charge is 2.19. The predicted octanol–water partition coefficient (Wildman–Crippen LogP) is 2.93. The van der Waals surface area contributed by atoms with Gasteiger partial charge in [0.1, 0.15) is 12.3 Å². The lowest BCUT2D eigenvalue weighted by Crippen LogP contribution is -2.24. The summed E-state index contributed by atoms with van der Waals surface area (Å²) < 4.78 is 6.44. The largest absolute Gasteiger partial charge is 0.456 e. The van der Waals surface area contributed by atoms with E-state index in [0.717, 1.165) is 10.9 Å². The van der Waals surface area contributed by atoms with Crippen LogP contribution < -0.4 is 5.73 Å². The smallest absolute Gasteiger partial charge is 0.355 e. The average molecular weight is 294 g/mol. The normalized spacial score (nSPS) is 10.5. The molecule has 1 heterocycles. The van der Waals surface area contributed by atoms with Crippen LogP contribution in [0.3, 0.4) is 0 Å². The zero-order valence-corrected chi connectivity index (χ0v) is 11.7. The molecule has 0 saturated heterocycles. The van der Waals surface area contributed by atoms with Gasteiger partial charge in [0.05, 0.1) is 5.52 Å². The summed E-state index contributed by atoms with van der Waals surface area (Å²) in [4.78, 5) is 23.9. The van der Waals surface area contributed by atoms with Crippen molar-refractivity contribution in [3.8, 4) is 0 Å². The summed E-state index contributed by atoms with van der Waals surface area (Å²) in [6.07, 6.45) is 0. The third-order valence-corrected chi connectivity index (χ3v) is 3.35. The van der Waals surface area contributed by atoms with Crippen LogP contribution in [-0.4, -0.2) is 16.6 Å². The third kappa shape index (κ3) is 2.56. The molecule has 0 fully saturated rings. The molecule has 0 aliphatic carbocycles. The Morgan fingerprint density at radius 1 is 1.00 bits per heavy atom. The minimum Gasteiger partial charge on any atom is -0.456 e. The Bertz CT molecular complexity index is 837. The Labute approximate surface area is 126 Å². The second-order valence-corrected chi connectivity index (χ2v) is 4.82. The maximum atomic E-state index is 12.3. The van der Waals surface area contributed by atoms with E-state index in [1.165, 1.54) is 4.57 Å². The zero-order valence-electron chi connectivity index (χ0n) is 11.7. The second kappa shape index (κ2) is 5.73. The Balaban J connectivity index is 1.90. The van der Waals surface area contributed by atoms with Gasteiger partial charge in [-0.2, -0.15) is 0 Å². The number of aromatic nitrogens is 1. The summed E-state index contributed by atoms with van der Waals surface area (Å²) in [6, 6.07) is 17.4. The van der Waals surface area contributed by atoms with Gasteiger partial charge in [0.25, 0.3) is 0 Å². The van der Waals surface area contributed by atoms with Crippen LogP contribution >= 0.6 is 0 Å². The van der Waals surface area contributed by atoms with Gasteiger partial charge in [0.15, 0.2) is 0 Å². The van der Waals surface area contributed by atoms with Crippen molar-refractivity contribution in [2.24, 2.45) is 5.73 Å². The highest BCUT2D eigenvalue weighted by molar-refractivity contribution is 6.02. The molecule has 1 aromatic heterocycles. The highest BCUT2D eigenvalue weighted by atomic mass is 16.5. The van der Waals surface area contributed by atoms with E-state index >= 15 is 0 Å².